The summed E-state index contributed by atoms with van der Waals surface area (Å²) in [6.45, 7) is 10.9. The number of ether oxygens (including phenoxy) is 2. The average Bonchev–Trinajstić information content (AvgIpc) is 3.27. The highest BCUT2D eigenvalue weighted by molar-refractivity contribution is 6.01. The van der Waals surface area contributed by atoms with Crippen LogP contribution in [0.15, 0.2) is 121 Å². The van der Waals surface area contributed by atoms with Crippen molar-refractivity contribution < 1.29 is 23.9 Å². The molecule has 318 valence electrons. The Morgan fingerprint density at radius 2 is 1.18 bits per heavy atom. The molecule has 6 aliphatic rings. The number of fused-ring (bicyclic) bond motifs is 2. The van der Waals surface area contributed by atoms with E-state index in [2.05, 4.69) is 49.3 Å². The van der Waals surface area contributed by atoms with E-state index in [1.54, 1.807) is 0 Å². The number of nitrogens with zero attached hydrogens (tertiary/aromatic N) is 1. The number of allylic oxidation sites excluding steroid dienone is 2. The number of rotatable bonds is 10. The zero-order chi connectivity index (χ0) is 42.4. The van der Waals surface area contributed by atoms with Crippen molar-refractivity contribution in [3.05, 3.63) is 121 Å². The predicted octanol–water partition coefficient (Wildman–Crippen LogP) is 11.9. The van der Waals surface area contributed by atoms with Crippen LogP contribution in [0.4, 0.5) is 11.4 Å². The summed E-state index contributed by atoms with van der Waals surface area (Å²) in [7, 11) is 0. The zero-order valence-electron chi connectivity index (χ0n) is 36.2. The lowest BCUT2D eigenvalue weighted by Crippen LogP contribution is -2.68. The lowest BCUT2D eigenvalue weighted by atomic mass is 9.34. The van der Waals surface area contributed by atoms with Gasteiger partial charge in [0, 0.05) is 35.3 Å². The van der Waals surface area contributed by atoms with E-state index in [9.17, 15) is 4.79 Å². The molecule has 1 spiro atoms. The Hall–Kier alpha value is -5.37. The van der Waals surface area contributed by atoms with E-state index in [0.717, 1.165) is 76.0 Å². The molecule has 4 fully saturated rings. The predicted molar refractivity (Wildman–Crippen MR) is 240 cm³/mol. The first kappa shape index (κ1) is 41.0. The fourth-order valence-electron chi connectivity index (χ4n) is 13.0. The molecule has 3 amide bonds. The summed E-state index contributed by atoms with van der Waals surface area (Å²) < 4.78 is 12.1. The first-order valence-electron chi connectivity index (χ1n) is 22.8. The van der Waals surface area contributed by atoms with Gasteiger partial charge in [0.2, 0.25) is 17.7 Å². The van der Waals surface area contributed by atoms with Crippen LogP contribution in [0, 0.1) is 51.8 Å². The lowest BCUT2D eigenvalue weighted by molar-refractivity contribution is -0.194. The first-order chi connectivity index (χ1) is 29.5. The molecular formula is C53H61N3O5. The van der Waals surface area contributed by atoms with Crippen molar-refractivity contribution >= 4 is 29.1 Å². The summed E-state index contributed by atoms with van der Waals surface area (Å²) in [4.78, 5) is 47.2. The molecule has 4 aromatic carbocycles. The molecule has 3 saturated carbocycles. The Bertz CT molecular complexity index is 2250. The molecule has 2 bridgehead atoms. The molecule has 10 rings (SSSR count). The van der Waals surface area contributed by atoms with Crippen LogP contribution >= 0.6 is 0 Å². The lowest BCUT2D eigenvalue weighted by Gasteiger charge is -2.69. The van der Waals surface area contributed by atoms with Gasteiger partial charge in [0.05, 0.1) is 11.8 Å². The largest absolute Gasteiger partial charge is 0.457 e. The minimum absolute atomic E-state index is 0.119. The van der Waals surface area contributed by atoms with E-state index in [1.807, 2.05) is 109 Å². The summed E-state index contributed by atoms with van der Waals surface area (Å²) in [5.74, 6) is 2.18. The van der Waals surface area contributed by atoms with E-state index < -0.39 is 22.7 Å². The number of para-hydroxylation sites is 2. The maximum absolute atomic E-state index is 15.3. The molecule has 0 radical (unpaired) electrons. The molecular weight excluding hydrogens is 759 g/mol. The fraction of sp³-hybridized carbons (Fsp3) is 0.453. The number of amides is 3. The average molecular weight is 820 g/mol. The van der Waals surface area contributed by atoms with Crippen molar-refractivity contribution in [1.29, 1.82) is 0 Å². The molecule has 8 atom stereocenters. The second-order valence-electron chi connectivity index (χ2n) is 19.4. The van der Waals surface area contributed by atoms with Crippen LogP contribution in [0.1, 0.15) is 85.5 Å². The molecule has 5 aliphatic carbocycles. The van der Waals surface area contributed by atoms with Crippen LogP contribution in [0.3, 0.4) is 0 Å². The van der Waals surface area contributed by atoms with Crippen LogP contribution in [-0.2, 0) is 14.4 Å². The van der Waals surface area contributed by atoms with Gasteiger partial charge in [-0.25, -0.2) is 0 Å². The monoisotopic (exact) mass is 819 g/mol. The Morgan fingerprint density at radius 1 is 0.639 bits per heavy atom. The van der Waals surface area contributed by atoms with Gasteiger partial charge in [-0.15, -0.1) is 0 Å². The van der Waals surface area contributed by atoms with Crippen molar-refractivity contribution in [3.8, 4) is 23.0 Å². The van der Waals surface area contributed by atoms with Gasteiger partial charge in [0.25, 0.3) is 0 Å². The van der Waals surface area contributed by atoms with Crippen LogP contribution in [-0.4, -0.2) is 35.7 Å². The molecule has 1 heterocycles. The van der Waals surface area contributed by atoms with Crippen LogP contribution < -0.4 is 20.1 Å². The van der Waals surface area contributed by atoms with Crippen molar-refractivity contribution in [1.82, 2.24) is 4.90 Å². The molecule has 4 unspecified atom stereocenters. The smallest absolute Gasteiger partial charge is 0.229 e. The second kappa shape index (κ2) is 16.5. The summed E-state index contributed by atoms with van der Waals surface area (Å²) in [5, 5.41) is 6.60. The molecule has 0 aromatic heterocycles. The van der Waals surface area contributed by atoms with Crippen molar-refractivity contribution in [2.75, 3.05) is 23.7 Å². The third kappa shape index (κ3) is 7.54. The van der Waals surface area contributed by atoms with Gasteiger partial charge in [-0.3, -0.25) is 14.4 Å². The number of benzene rings is 4. The maximum Gasteiger partial charge on any atom is 0.229 e. The normalized spacial score (nSPS) is 30.3. The van der Waals surface area contributed by atoms with Crippen LogP contribution in [0.5, 0.6) is 23.0 Å². The molecule has 61 heavy (non-hydrogen) atoms. The molecule has 8 nitrogen and oxygen atoms in total. The number of nitrogens with one attached hydrogen (secondary N) is 2. The third-order valence-electron chi connectivity index (χ3n) is 15.6. The number of likely N-dealkylation sites (tertiary alicyclic amines) is 1. The number of carbonyl (C=O) groups excluding carboxylic acids is 3. The van der Waals surface area contributed by atoms with E-state index in [4.69, 9.17) is 9.47 Å². The Labute approximate surface area is 361 Å². The number of piperidine rings is 1. The van der Waals surface area contributed by atoms with E-state index in [0.29, 0.717) is 28.8 Å². The third-order valence-corrected chi connectivity index (χ3v) is 15.6. The Morgan fingerprint density at radius 3 is 1.74 bits per heavy atom. The highest BCUT2D eigenvalue weighted by atomic mass is 16.5. The highest BCUT2D eigenvalue weighted by Gasteiger charge is 2.70. The first-order valence-corrected chi connectivity index (χ1v) is 22.8. The van der Waals surface area contributed by atoms with Crippen molar-refractivity contribution in [2.24, 2.45) is 51.8 Å². The minimum Gasteiger partial charge on any atom is -0.457 e. The molecule has 2 N–H and O–H groups in total. The van der Waals surface area contributed by atoms with Crippen LogP contribution in [0.2, 0.25) is 0 Å². The summed E-state index contributed by atoms with van der Waals surface area (Å²) >= 11 is 0. The minimum atomic E-state index is -0.608. The van der Waals surface area contributed by atoms with Gasteiger partial charge in [-0.2, -0.15) is 0 Å². The standard InChI is InChI=1S/C53H61N3O5/c1-35(2)43-34-53-30-27-44-51(3,28-14-29-52(44,4)50(59)56-31-12-7-13-32-56)45(53)33-42(43)46(48(57)54-36-19-23-40(24-20-36)60-38-15-8-5-9-16-38)47(53)49(58)55-37-21-25-41(26-22-37)61-39-17-10-6-11-18-39/h5-6,8-11,15-26,34-35,42,44-47H,7,12-14,27-33H2,1-4H3,(H,54,57)(H,55,58)/t42?,44?,45?,46-,47+,51+,52-,53?/m1/s1. The Balaban J connectivity index is 1.05. The number of hydrogen-bond acceptors (Lipinski definition) is 5. The van der Waals surface area contributed by atoms with E-state index in [-0.39, 0.29) is 40.9 Å². The molecule has 1 saturated heterocycles. The summed E-state index contributed by atoms with van der Waals surface area (Å²) in [6, 6.07) is 34.3. The number of anilines is 2. The van der Waals surface area contributed by atoms with Gasteiger partial charge < -0.3 is 25.0 Å². The number of carbonyl (C=O) groups is 3. The van der Waals surface area contributed by atoms with Gasteiger partial charge in [-0.05, 0) is 153 Å². The van der Waals surface area contributed by atoms with Crippen LogP contribution in [0.25, 0.3) is 0 Å². The fourth-order valence-corrected chi connectivity index (χ4v) is 13.0. The van der Waals surface area contributed by atoms with E-state index >= 15 is 9.59 Å². The van der Waals surface area contributed by atoms with Gasteiger partial charge in [0.1, 0.15) is 23.0 Å². The zero-order valence-corrected chi connectivity index (χ0v) is 36.2. The van der Waals surface area contributed by atoms with E-state index in [1.165, 1.54) is 12.0 Å². The van der Waals surface area contributed by atoms with Crippen molar-refractivity contribution in [3.63, 3.8) is 0 Å². The molecule has 8 heteroatoms. The molecule has 1 aliphatic heterocycles. The summed E-state index contributed by atoms with van der Waals surface area (Å²) in [6.07, 6.45) is 11.2. The number of hydrogen-bond donors (Lipinski definition) is 2. The molecule has 4 aromatic rings. The Kier molecular flexibility index (Phi) is 11.1. The topological polar surface area (TPSA) is 97.0 Å². The van der Waals surface area contributed by atoms with Gasteiger partial charge in [0.15, 0.2) is 0 Å². The second-order valence-corrected chi connectivity index (χ2v) is 19.4. The quantitative estimate of drug-likeness (QED) is 0.155. The van der Waals surface area contributed by atoms with Gasteiger partial charge in [-0.1, -0.05) is 82.2 Å². The van der Waals surface area contributed by atoms with Gasteiger partial charge >= 0.3 is 0 Å². The van der Waals surface area contributed by atoms with Crippen molar-refractivity contribution in [2.45, 2.75) is 85.5 Å². The maximum atomic E-state index is 15.3. The highest BCUT2D eigenvalue weighted by Crippen LogP contribution is 2.73. The summed E-state index contributed by atoms with van der Waals surface area (Å²) in [5.41, 5.74) is 1.46. The SMILES string of the molecule is CC(C)C1=CC23CCC4[C@](C)(CCC[C@@]4(C)C(=O)N4CCCCC4)C2CC1[C@@H](C(=O)Nc1ccc(Oc2ccccc2)cc1)[C@H]3C(=O)Nc1ccc(Oc2ccccc2)cc1.